The van der Waals surface area contributed by atoms with Gasteiger partial charge in [-0.2, -0.15) is 0 Å². The fraction of sp³-hybridized carbons (Fsp3) is 0.143. The van der Waals surface area contributed by atoms with Gasteiger partial charge in [-0.05, 0) is 35.9 Å². The molecule has 0 unspecified atom stereocenters. The van der Waals surface area contributed by atoms with Crippen LogP contribution in [0.3, 0.4) is 0 Å². The summed E-state index contributed by atoms with van der Waals surface area (Å²) in [7, 11) is 1.34. The average molecular weight is 322 g/mol. The Labute approximate surface area is 119 Å². The number of hydrogen-bond donors (Lipinski definition) is 0. The van der Waals surface area contributed by atoms with E-state index in [2.05, 4.69) is 20.9 Å². The third kappa shape index (κ3) is 3.54. The van der Waals surface area contributed by atoms with Crippen molar-refractivity contribution in [2.75, 3.05) is 7.11 Å². The number of aromatic nitrogens is 1. The van der Waals surface area contributed by atoms with Crippen LogP contribution in [-0.4, -0.2) is 18.1 Å². The van der Waals surface area contributed by atoms with Crippen molar-refractivity contribution in [3.8, 4) is 5.75 Å². The lowest BCUT2D eigenvalue weighted by Gasteiger charge is -2.10. The third-order valence-electron chi connectivity index (χ3n) is 2.49. The predicted molar refractivity (Wildman–Crippen MR) is 74.1 cm³/mol. The van der Waals surface area contributed by atoms with Gasteiger partial charge in [-0.25, -0.2) is 4.79 Å². The van der Waals surface area contributed by atoms with E-state index < -0.39 is 5.97 Å². The van der Waals surface area contributed by atoms with Crippen LogP contribution in [0.2, 0.25) is 0 Å². The summed E-state index contributed by atoms with van der Waals surface area (Å²) in [6, 6.07) is 8.94. The Morgan fingerprint density at radius 2 is 2.00 bits per heavy atom. The molecule has 0 spiro atoms. The van der Waals surface area contributed by atoms with E-state index in [1.165, 1.54) is 7.11 Å². The number of nitrogens with zero attached hydrogens (tertiary/aromatic N) is 1. The largest absolute Gasteiger partial charge is 0.488 e. The molecule has 0 radical (unpaired) electrons. The molecule has 19 heavy (non-hydrogen) atoms. The number of carbonyl (C=O) groups is 1. The highest BCUT2D eigenvalue weighted by Crippen LogP contribution is 2.24. The van der Waals surface area contributed by atoms with E-state index in [0.29, 0.717) is 17.9 Å². The molecule has 5 heteroatoms. The van der Waals surface area contributed by atoms with Gasteiger partial charge in [0.15, 0.2) is 0 Å². The molecular formula is C14H12BrNO3. The fourth-order valence-corrected chi connectivity index (χ4v) is 1.90. The number of hydrogen-bond acceptors (Lipinski definition) is 4. The number of benzene rings is 1. The first kappa shape index (κ1) is 13.5. The Bertz CT molecular complexity index is 572. The Morgan fingerprint density at radius 1 is 1.26 bits per heavy atom. The lowest BCUT2D eigenvalue weighted by molar-refractivity contribution is 0.0595. The van der Waals surface area contributed by atoms with E-state index in [1.807, 2.05) is 18.2 Å². The highest BCUT2D eigenvalue weighted by atomic mass is 79.9. The standard InChI is InChI=1S/C14H12BrNO3/c1-18-14(17)12-8-11(15)2-3-13(12)19-9-10-4-6-16-7-5-10/h2-8H,9H2,1H3. The van der Waals surface area contributed by atoms with Crippen molar-refractivity contribution in [3.05, 3.63) is 58.3 Å². The summed E-state index contributed by atoms with van der Waals surface area (Å²) < 4.78 is 11.2. The van der Waals surface area contributed by atoms with Gasteiger partial charge in [0.05, 0.1) is 7.11 Å². The highest BCUT2D eigenvalue weighted by molar-refractivity contribution is 9.10. The normalized spacial score (nSPS) is 10.0. The molecule has 0 saturated carbocycles. The summed E-state index contributed by atoms with van der Waals surface area (Å²) in [5.74, 6) is 0.0675. The smallest absolute Gasteiger partial charge is 0.341 e. The second-order valence-corrected chi connectivity index (χ2v) is 4.69. The molecule has 1 aromatic heterocycles. The van der Waals surface area contributed by atoms with Crippen molar-refractivity contribution in [1.29, 1.82) is 0 Å². The van der Waals surface area contributed by atoms with E-state index in [4.69, 9.17) is 9.47 Å². The molecule has 1 aromatic carbocycles. The van der Waals surface area contributed by atoms with Gasteiger partial charge < -0.3 is 9.47 Å². The summed E-state index contributed by atoms with van der Waals surface area (Å²) in [5, 5.41) is 0. The number of carbonyl (C=O) groups excluding carboxylic acids is 1. The molecular weight excluding hydrogens is 310 g/mol. The number of ether oxygens (including phenoxy) is 2. The summed E-state index contributed by atoms with van der Waals surface area (Å²) in [4.78, 5) is 15.6. The first-order chi connectivity index (χ1) is 9.20. The Morgan fingerprint density at radius 3 is 2.68 bits per heavy atom. The lowest BCUT2D eigenvalue weighted by Crippen LogP contribution is -2.06. The van der Waals surface area contributed by atoms with Gasteiger partial charge in [0, 0.05) is 16.9 Å². The molecule has 98 valence electrons. The van der Waals surface area contributed by atoms with Crippen LogP contribution < -0.4 is 4.74 Å². The van der Waals surface area contributed by atoms with E-state index in [0.717, 1.165) is 10.0 Å². The minimum Gasteiger partial charge on any atom is -0.488 e. The predicted octanol–water partition coefficient (Wildman–Crippen LogP) is 3.21. The molecule has 0 aliphatic heterocycles. The van der Waals surface area contributed by atoms with Crippen LogP contribution in [0.5, 0.6) is 5.75 Å². The average Bonchev–Trinajstić information content (AvgIpc) is 2.46. The monoisotopic (exact) mass is 321 g/mol. The van der Waals surface area contributed by atoms with Crippen molar-refractivity contribution in [1.82, 2.24) is 4.98 Å². The Balaban J connectivity index is 2.18. The molecule has 0 aliphatic carbocycles. The van der Waals surface area contributed by atoms with Gasteiger partial charge in [-0.1, -0.05) is 15.9 Å². The molecule has 4 nitrogen and oxygen atoms in total. The number of esters is 1. The highest BCUT2D eigenvalue weighted by Gasteiger charge is 2.13. The molecule has 0 saturated heterocycles. The summed E-state index contributed by atoms with van der Waals surface area (Å²) in [6.45, 7) is 0.369. The van der Waals surface area contributed by atoms with Crippen LogP contribution in [0, 0.1) is 0 Å². The SMILES string of the molecule is COC(=O)c1cc(Br)ccc1OCc1ccncc1. The van der Waals surface area contributed by atoms with Crippen molar-refractivity contribution >= 4 is 21.9 Å². The zero-order valence-corrected chi connectivity index (χ0v) is 11.9. The summed E-state index contributed by atoms with van der Waals surface area (Å²) in [5.41, 5.74) is 1.37. The molecule has 1 heterocycles. The minimum absolute atomic E-state index is 0.369. The van der Waals surface area contributed by atoms with Crippen LogP contribution in [0.25, 0.3) is 0 Å². The van der Waals surface area contributed by atoms with Crippen molar-refractivity contribution in [3.63, 3.8) is 0 Å². The topological polar surface area (TPSA) is 48.4 Å². The number of methoxy groups -OCH3 is 1. The van der Waals surface area contributed by atoms with Gasteiger partial charge in [0.1, 0.15) is 17.9 Å². The molecule has 2 rings (SSSR count). The maximum Gasteiger partial charge on any atom is 0.341 e. The lowest BCUT2D eigenvalue weighted by atomic mass is 10.2. The van der Waals surface area contributed by atoms with E-state index in [9.17, 15) is 4.79 Å². The van der Waals surface area contributed by atoms with Crippen molar-refractivity contribution in [2.24, 2.45) is 0 Å². The number of rotatable bonds is 4. The number of halogens is 1. The first-order valence-corrected chi connectivity index (χ1v) is 6.39. The van der Waals surface area contributed by atoms with Gasteiger partial charge >= 0.3 is 5.97 Å². The fourth-order valence-electron chi connectivity index (χ4n) is 1.54. The maximum absolute atomic E-state index is 11.7. The molecule has 2 aromatic rings. The molecule has 0 aliphatic rings. The zero-order chi connectivity index (χ0) is 13.7. The summed E-state index contributed by atoms with van der Waals surface area (Å²) >= 11 is 3.32. The first-order valence-electron chi connectivity index (χ1n) is 5.60. The van der Waals surface area contributed by atoms with E-state index >= 15 is 0 Å². The maximum atomic E-state index is 11.7. The molecule has 0 N–H and O–H groups in total. The second kappa shape index (κ2) is 6.33. The minimum atomic E-state index is -0.425. The van der Waals surface area contributed by atoms with E-state index in [-0.39, 0.29) is 0 Å². The van der Waals surface area contributed by atoms with Crippen LogP contribution in [0.4, 0.5) is 0 Å². The van der Waals surface area contributed by atoms with Crippen LogP contribution in [0.15, 0.2) is 47.2 Å². The number of pyridine rings is 1. The van der Waals surface area contributed by atoms with Gasteiger partial charge in [-0.3, -0.25) is 4.98 Å². The van der Waals surface area contributed by atoms with Crippen molar-refractivity contribution in [2.45, 2.75) is 6.61 Å². The Kier molecular flexibility index (Phi) is 4.52. The molecule has 0 bridgehead atoms. The van der Waals surface area contributed by atoms with Gasteiger partial charge in [0.2, 0.25) is 0 Å². The van der Waals surface area contributed by atoms with Crippen molar-refractivity contribution < 1.29 is 14.3 Å². The third-order valence-corrected chi connectivity index (χ3v) is 2.98. The molecule has 0 amide bonds. The Hall–Kier alpha value is -1.88. The van der Waals surface area contributed by atoms with Crippen LogP contribution in [0.1, 0.15) is 15.9 Å². The summed E-state index contributed by atoms with van der Waals surface area (Å²) in [6.07, 6.45) is 3.39. The molecule has 0 atom stereocenters. The van der Waals surface area contributed by atoms with Gasteiger partial charge in [0.25, 0.3) is 0 Å². The zero-order valence-electron chi connectivity index (χ0n) is 10.3. The van der Waals surface area contributed by atoms with Crippen LogP contribution in [-0.2, 0) is 11.3 Å². The van der Waals surface area contributed by atoms with Gasteiger partial charge in [-0.15, -0.1) is 0 Å². The van der Waals surface area contributed by atoms with Crippen LogP contribution >= 0.6 is 15.9 Å². The van der Waals surface area contributed by atoms with E-state index in [1.54, 1.807) is 24.5 Å². The molecule has 0 fully saturated rings. The quantitative estimate of drug-likeness (QED) is 0.811. The second-order valence-electron chi connectivity index (χ2n) is 3.78.